The van der Waals surface area contributed by atoms with Crippen LogP contribution in [-0.4, -0.2) is 11.1 Å². The lowest BCUT2D eigenvalue weighted by molar-refractivity contribution is 0.265. The Morgan fingerprint density at radius 1 is 1.33 bits per heavy atom. The van der Waals surface area contributed by atoms with Gasteiger partial charge in [-0.1, -0.05) is 12.1 Å². The standard InChI is InChI=1S/C10H9N3OS/c11-7-3-1-6(2-4-7)5-8-9(12)13-10(14)15-8/h1-5H,11H2,(H2,12,13,14)/b8-5-. The molecule has 5 heteroatoms. The van der Waals surface area contributed by atoms with Crippen LogP contribution in [0.25, 0.3) is 6.08 Å². The van der Waals surface area contributed by atoms with Crippen molar-refractivity contribution < 1.29 is 4.79 Å². The van der Waals surface area contributed by atoms with Gasteiger partial charge in [-0.3, -0.25) is 10.2 Å². The first-order valence-corrected chi connectivity index (χ1v) is 5.12. The van der Waals surface area contributed by atoms with E-state index in [4.69, 9.17) is 11.1 Å². The van der Waals surface area contributed by atoms with Gasteiger partial charge in [0.05, 0.1) is 4.91 Å². The third-order valence-electron chi connectivity index (χ3n) is 1.91. The van der Waals surface area contributed by atoms with Crippen molar-refractivity contribution in [2.24, 2.45) is 0 Å². The number of thioether (sulfide) groups is 1. The fourth-order valence-electron chi connectivity index (χ4n) is 1.19. The molecular formula is C10H9N3OS. The van der Waals surface area contributed by atoms with E-state index in [1.165, 1.54) is 0 Å². The van der Waals surface area contributed by atoms with E-state index in [2.05, 4.69) is 5.32 Å². The van der Waals surface area contributed by atoms with Crippen molar-refractivity contribution in [2.75, 3.05) is 5.73 Å². The minimum absolute atomic E-state index is 0.154. The number of benzene rings is 1. The van der Waals surface area contributed by atoms with Crippen molar-refractivity contribution in [3.05, 3.63) is 34.7 Å². The average Bonchev–Trinajstić information content (AvgIpc) is 2.49. The van der Waals surface area contributed by atoms with E-state index in [-0.39, 0.29) is 11.1 Å². The average molecular weight is 219 g/mol. The molecule has 0 bridgehead atoms. The van der Waals surface area contributed by atoms with Gasteiger partial charge in [-0.05, 0) is 35.5 Å². The number of anilines is 1. The monoisotopic (exact) mass is 219 g/mol. The summed E-state index contributed by atoms with van der Waals surface area (Å²) in [4.78, 5) is 11.6. The van der Waals surface area contributed by atoms with Crippen LogP contribution in [0.1, 0.15) is 5.56 Å². The second-order valence-corrected chi connectivity index (χ2v) is 4.08. The Morgan fingerprint density at radius 3 is 2.53 bits per heavy atom. The molecule has 0 radical (unpaired) electrons. The van der Waals surface area contributed by atoms with Crippen LogP contribution in [0.5, 0.6) is 0 Å². The highest BCUT2D eigenvalue weighted by Gasteiger charge is 2.21. The van der Waals surface area contributed by atoms with Crippen molar-refractivity contribution in [2.45, 2.75) is 0 Å². The first kappa shape index (κ1) is 9.79. The fourth-order valence-corrected chi connectivity index (χ4v) is 1.89. The summed E-state index contributed by atoms with van der Waals surface area (Å²) in [6.45, 7) is 0. The Hall–Kier alpha value is -1.75. The summed E-state index contributed by atoms with van der Waals surface area (Å²) in [5, 5.41) is 9.69. The number of carbonyl (C=O) groups excluding carboxylic acids is 1. The van der Waals surface area contributed by atoms with Crippen LogP contribution in [0.4, 0.5) is 10.5 Å². The van der Waals surface area contributed by atoms with Gasteiger partial charge in [-0.15, -0.1) is 0 Å². The zero-order chi connectivity index (χ0) is 10.8. The van der Waals surface area contributed by atoms with E-state index in [1.54, 1.807) is 18.2 Å². The molecule has 1 aromatic rings. The molecule has 0 spiro atoms. The van der Waals surface area contributed by atoms with Gasteiger partial charge in [0.15, 0.2) is 0 Å². The maximum atomic E-state index is 11.0. The lowest BCUT2D eigenvalue weighted by atomic mass is 10.2. The Labute approximate surface area is 91.1 Å². The van der Waals surface area contributed by atoms with E-state index in [9.17, 15) is 4.79 Å². The SMILES string of the molecule is N=C1NC(=O)S/C1=C\c1ccc(N)cc1. The van der Waals surface area contributed by atoms with Crippen molar-refractivity contribution in [1.29, 1.82) is 5.41 Å². The third kappa shape index (κ3) is 2.19. The van der Waals surface area contributed by atoms with E-state index in [0.717, 1.165) is 17.3 Å². The molecule has 1 aliphatic rings. The molecular weight excluding hydrogens is 210 g/mol. The summed E-state index contributed by atoms with van der Waals surface area (Å²) in [5.74, 6) is 0.154. The Bertz CT molecular complexity index is 450. The minimum Gasteiger partial charge on any atom is -0.399 e. The quantitative estimate of drug-likeness (QED) is 0.632. The van der Waals surface area contributed by atoms with Gasteiger partial charge < -0.3 is 11.1 Å². The summed E-state index contributed by atoms with van der Waals surface area (Å²) < 4.78 is 0. The highest BCUT2D eigenvalue weighted by atomic mass is 32.2. The molecule has 4 nitrogen and oxygen atoms in total. The summed E-state index contributed by atoms with van der Waals surface area (Å²) in [6.07, 6.45) is 1.78. The third-order valence-corrected chi connectivity index (χ3v) is 2.74. The number of amides is 1. The number of carbonyl (C=O) groups is 1. The molecule has 1 amide bonds. The van der Waals surface area contributed by atoms with E-state index in [0.29, 0.717) is 10.6 Å². The largest absolute Gasteiger partial charge is 0.399 e. The smallest absolute Gasteiger partial charge is 0.289 e. The van der Waals surface area contributed by atoms with Gasteiger partial charge in [-0.25, -0.2) is 0 Å². The number of nitrogens with two attached hydrogens (primary N) is 1. The van der Waals surface area contributed by atoms with Gasteiger partial charge in [0, 0.05) is 5.69 Å². The molecule has 76 valence electrons. The van der Waals surface area contributed by atoms with Crippen molar-refractivity contribution in [1.82, 2.24) is 5.32 Å². The molecule has 15 heavy (non-hydrogen) atoms. The van der Waals surface area contributed by atoms with Crippen LogP contribution in [-0.2, 0) is 0 Å². The predicted molar refractivity (Wildman–Crippen MR) is 62.7 cm³/mol. The van der Waals surface area contributed by atoms with Gasteiger partial charge in [0.2, 0.25) is 0 Å². The fraction of sp³-hybridized carbons (Fsp3) is 0. The van der Waals surface area contributed by atoms with Crippen molar-refractivity contribution >= 4 is 34.6 Å². The highest BCUT2D eigenvalue weighted by Crippen LogP contribution is 2.25. The summed E-state index contributed by atoms with van der Waals surface area (Å²) in [7, 11) is 0. The molecule has 1 fully saturated rings. The van der Waals surface area contributed by atoms with Crippen LogP contribution >= 0.6 is 11.8 Å². The minimum atomic E-state index is -0.207. The first-order chi connectivity index (χ1) is 7.15. The molecule has 0 unspecified atom stereocenters. The van der Waals surface area contributed by atoms with Crippen LogP contribution in [0, 0.1) is 5.41 Å². The number of amidine groups is 1. The predicted octanol–water partition coefficient (Wildman–Crippen LogP) is 2.04. The maximum Gasteiger partial charge on any atom is 0.289 e. The lowest BCUT2D eigenvalue weighted by Crippen LogP contribution is -2.17. The number of rotatable bonds is 1. The van der Waals surface area contributed by atoms with Crippen LogP contribution < -0.4 is 11.1 Å². The highest BCUT2D eigenvalue weighted by molar-refractivity contribution is 8.18. The zero-order valence-electron chi connectivity index (χ0n) is 7.78. The van der Waals surface area contributed by atoms with Crippen molar-refractivity contribution in [3.8, 4) is 0 Å². The number of hydrogen-bond donors (Lipinski definition) is 3. The topological polar surface area (TPSA) is 79.0 Å². The summed E-state index contributed by atoms with van der Waals surface area (Å²) >= 11 is 1.03. The van der Waals surface area contributed by atoms with E-state index < -0.39 is 0 Å². The zero-order valence-corrected chi connectivity index (χ0v) is 8.60. The molecule has 2 rings (SSSR count). The van der Waals surface area contributed by atoms with Crippen molar-refractivity contribution in [3.63, 3.8) is 0 Å². The van der Waals surface area contributed by atoms with Crippen LogP contribution in [0.3, 0.4) is 0 Å². The van der Waals surface area contributed by atoms with Gasteiger partial charge in [0.1, 0.15) is 5.84 Å². The molecule has 1 heterocycles. The van der Waals surface area contributed by atoms with Crippen LogP contribution in [0.2, 0.25) is 0 Å². The molecule has 4 N–H and O–H groups in total. The molecule has 0 saturated carbocycles. The van der Waals surface area contributed by atoms with Gasteiger partial charge in [0.25, 0.3) is 5.24 Å². The number of hydrogen-bond acceptors (Lipinski definition) is 4. The molecule has 0 atom stereocenters. The molecule has 1 aromatic carbocycles. The molecule has 1 saturated heterocycles. The normalized spacial score (nSPS) is 18.3. The lowest BCUT2D eigenvalue weighted by Gasteiger charge is -1.96. The molecule has 0 aromatic heterocycles. The molecule has 1 aliphatic heterocycles. The summed E-state index contributed by atoms with van der Waals surface area (Å²) in [6, 6.07) is 7.26. The first-order valence-electron chi connectivity index (χ1n) is 4.30. The Kier molecular flexibility index (Phi) is 2.47. The van der Waals surface area contributed by atoms with Crippen LogP contribution in [0.15, 0.2) is 29.2 Å². The summed E-state index contributed by atoms with van der Waals surface area (Å²) in [5.41, 5.74) is 7.17. The van der Waals surface area contributed by atoms with E-state index >= 15 is 0 Å². The second kappa shape index (κ2) is 3.78. The Morgan fingerprint density at radius 2 is 2.00 bits per heavy atom. The Balaban J connectivity index is 2.27. The number of nitrogens with one attached hydrogen (secondary N) is 2. The van der Waals surface area contributed by atoms with E-state index in [1.807, 2.05) is 12.1 Å². The second-order valence-electron chi connectivity index (χ2n) is 3.06. The van der Waals surface area contributed by atoms with Gasteiger partial charge in [-0.2, -0.15) is 0 Å². The molecule has 0 aliphatic carbocycles. The maximum absolute atomic E-state index is 11.0. The van der Waals surface area contributed by atoms with Gasteiger partial charge >= 0.3 is 0 Å². The number of nitrogen functional groups attached to an aromatic ring is 1.